The van der Waals surface area contributed by atoms with Crippen molar-refractivity contribution in [1.29, 1.82) is 0 Å². The molecule has 34 heavy (non-hydrogen) atoms. The third-order valence-corrected chi connectivity index (χ3v) is 6.48. The van der Waals surface area contributed by atoms with Gasteiger partial charge in [0.1, 0.15) is 0 Å². The SMILES string of the molecule is Cc1ccc(Cn2nc(C)c(NC(=S)Nc3c(C)nn(Cc4ccccc4C)c3C)c2C)cc1. The molecule has 2 aromatic carbocycles. The second-order valence-electron chi connectivity index (χ2n) is 8.90. The van der Waals surface area contributed by atoms with Crippen LogP contribution in [-0.4, -0.2) is 24.7 Å². The number of hydrogen-bond acceptors (Lipinski definition) is 3. The minimum Gasteiger partial charge on any atom is -0.329 e. The number of aromatic nitrogens is 4. The molecular formula is C27H32N6S. The fourth-order valence-corrected chi connectivity index (χ4v) is 4.34. The monoisotopic (exact) mass is 472 g/mol. The zero-order valence-electron chi connectivity index (χ0n) is 20.7. The average molecular weight is 473 g/mol. The van der Waals surface area contributed by atoms with Crippen molar-refractivity contribution in [3.05, 3.63) is 93.6 Å². The minimum absolute atomic E-state index is 0.530. The van der Waals surface area contributed by atoms with Gasteiger partial charge in [-0.05, 0) is 70.5 Å². The van der Waals surface area contributed by atoms with E-state index in [1.165, 1.54) is 22.3 Å². The third kappa shape index (κ3) is 5.04. The van der Waals surface area contributed by atoms with Crippen LogP contribution in [0.2, 0.25) is 0 Å². The number of hydrogen-bond donors (Lipinski definition) is 2. The highest BCUT2D eigenvalue weighted by molar-refractivity contribution is 7.80. The van der Waals surface area contributed by atoms with Crippen molar-refractivity contribution in [1.82, 2.24) is 19.6 Å². The Kier molecular flexibility index (Phi) is 6.84. The zero-order chi connectivity index (χ0) is 24.4. The molecule has 7 heteroatoms. The number of nitrogens with one attached hydrogen (secondary N) is 2. The summed E-state index contributed by atoms with van der Waals surface area (Å²) in [4.78, 5) is 0. The predicted octanol–water partition coefficient (Wildman–Crippen LogP) is 5.84. The largest absolute Gasteiger partial charge is 0.329 e. The van der Waals surface area contributed by atoms with Crippen molar-refractivity contribution < 1.29 is 0 Å². The Morgan fingerprint density at radius 1 is 0.735 bits per heavy atom. The summed E-state index contributed by atoms with van der Waals surface area (Å²) >= 11 is 5.67. The molecule has 0 saturated heterocycles. The van der Waals surface area contributed by atoms with Gasteiger partial charge in [-0.25, -0.2) is 0 Å². The lowest BCUT2D eigenvalue weighted by atomic mass is 10.1. The third-order valence-electron chi connectivity index (χ3n) is 6.27. The van der Waals surface area contributed by atoms with Gasteiger partial charge in [-0.15, -0.1) is 0 Å². The first kappa shape index (κ1) is 23.7. The van der Waals surface area contributed by atoms with E-state index in [0.717, 1.165) is 47.2 Å². The van der Waals surface area contributed by atoms with Gasteiger partial charge in [0.15, 0.2) is 5.11 Å². The molecule has 0 amide bonds. The lowest BCUT2D eigenvalue weighted by Crippen LogP contribution is -2.21. The highest BCUT2D eigenvalue weighted by atomic mass is 32.1. The zero-order valence-corrected chi connectivity index (χ0v) is 21.5. The number of nitrogens with zero attached hydrogens (tertiary/aromatic N) is 4. The van der Waals surface area contributed by atoms with Gasteiger partial charge in [-0.1, -0.05) is 54.1 Å². The molecule has 6 nitrogen and oxygen atoms in total. The number of thiocarbonyl (C=S) groups is 1. The summed E-state index contributed by atoms with van der Waals surface area (Å²) in [6.07, 6.45) is 0. The Balaban J connectivity index is 1.48. The van der Waals surface area contributed by atoms with Gasteiger partial charge in [0.25, 0.3) is 0 Å². The molecular weight excluding hydrogens is 440 g/mol. The van der Waals surface area contributed by atoms with Crippen molar-refractivity contribution in [3.8, 4) is 0 Å². The van der Waals surface area contributed by atoms with Crippen LogP contribution in [0.4, 0.5) is 11.4 Å². The molecule has 0 saturated carbocycles. The molecule has 0 aliphatic rings. The fraction of sp³-hybridized carbons (Fsp3) is 0.296. The van der Waals surface area contributed by atoms with E-state index < -0.39 is 0 Å². The molecule has 2 N–H and O–H groups in total. The summed E-state index contributed by atoms with van der Waals surface area (Å²) in [5.41, 5.74) is 10.8. The van der Waals surface area contributed by atoms with E-state index in [-0.39, 0.29) is 0 Å². The molecule has 0 spiro atoms. The van der Waals surface area contributed by atoms with Crippen molar-refractivity contribution in [2.75, 3.05) is 10.6 Å². The summed E-state index contributed by atoms with van der Waals surface area (Å²) in [6, 6.07) is 16.9. The number of anilines is 2. The molecule has 4 aromatic rings. The Morgan fingerprint density at radius 3 is 1.82 bits per heavy atom. The van der Waals surface area contributed by atoms with E-state index in [9.17, 15) is 0 Å². The summed E-state index contributed by atoms with van der Waals surface area (Å²) in [6.45, 7) is 13.8. The molecule has 0 atom stereocenters. The van der Waals surface area contributed by atoms with Crippen molar-refractivity contribution in [2.24, 2.45) is 0 Å². The van der Waals surface area contributed by atoms with Crippen molar-refractivity contribution in [2.45, 2.75) is 54.6 Å². The fourth-order valence-electron chi connectivity index (χ4n) is 4.14. The van der Waals surface area contributed by atoms with Crippen LogP contribution in [0.3, 0.4) is 0 Å². The number of benzene rings is 2. The number of rotatable bonds is 6. The van der Waals surface area contributed by atoms with Crippen LogP contribution in [0, 0.1) is 41.5 Å². The molecule has 0 radical (unpaired) electrons. The maximum Gasteiger partial charge on any atom is 0.175 e. The molecule has 4 rings (SSSR count). The quantitative estimate of drug-likeness (QED) is 0.346. The summed E-state index contributed by atoms with van der Waals surface area (Å²) < 4.78 is 4.04. The topological polar surface area (TPSA) is 59.7 Å². The van der Waals surface area contributed by atoms with Gasteiger partial charge in [0.2, 0.25) is 0 Å². The molecule has 0 aliphatic heterocycles. The lowest BCUT2D eigenvalue weighted by Gasteiger charge is -2.12. The van der Waals surface area contributed by atoms with E-state index in [0.29, 0.717) is 5.11 Å². The standard InChI is InChI=1S/C27H32N6S/c1-17-11-13-23(14-12-17)15-32-21(5)25(19(3)30-32)28-27(34)29-26-20(4)31-33(22(26)6)16-24-10-8-7-9-18(24)2/h7-14H,15-16H2,1-6H3,(H2,28,29,34). The van der Waals surface area contributed by atoms with Crippen LogP contribution in [0.5, 0.6) is 0 Å². The molecule has 2 heterocycles. The van der Waals surface area contributed by atoms with E-state index in [4.69, 9.17) is 22.4 Å². The van der Waals surface area contributed by atoms with E-state index in [1.54, 1.807) is 0 Å². The first-order chi connectivity index (χ1) is 16.2. The van der Waals surface area contributed by atoms with Crippen LogP contribution in [0.15, 0.2) is 48.5 Å². The highest BCUT2D eigenvalue weighted by Crippen LogP contribution is 2.24. The lowest BCUT2D eigenvalue weighted by molar-refractivity contribution is 0.657. The molecule has 176 valence electrons. The van der Waals surface area contributed by atoms with Gasteiger partial charge in [-0.3, -0.25) is 9.36 Å². The predicted molar refractivity (Wildman–Crippen MR) is 144 cm³/mol. The second-order valence-corrected chi connectivity index (χ2v) is 9.31. The van der Waals surface area contributed by atoms with Crippen molar-refractivity contribution in [3.63, 3.8) is 0 Å². The first-order valence-electron chi connectivity index (χ1n) is 11.5. The molecule has 2 aromatic heterocycles. The van der Waals surface area contributed by atoms with Gasteiger partial charge in [-0.2, -0.15) is 10.2 Å². The molecule has 0 aliphatic carbocycles. The van der Waals surface area contributed by atoms with E-state index >= 15 is 0 Å². The Morgan fingerprint density at radius 2 is 1.26 bits per heavy atom. The Bertz CT molecular complexity index is 1330. The van der Waals surface area contributed by atoms with Gasteiger partial charge < -0.3 is 10.6 Å². The summed E-state index contributed by atoms with van der Waals surface area (Å²) in [7, 11) is 0. The average Bonchev–Trinajstić information content (AvgIpc) is 3.21. The van der Waals surface area contributed by atoms with Gasteiger partial charge >= 0.3 is 0 Å². The maximum absolute atomic E-state index is 5.67. The van der Waals surface area contributed by atoms with Crippen LogP contribution in [0.25, 0.3) is 0 Å². The second kappa shape index (κ2) is 9.81. The van der Waals surface area contributed by atoms with E-state index in [2.05, 4.69) is 86.9 Å². The van der Waals surface area contributed by atoms with Crippen molar-refractivity contribution >= 4 is 28.7 Å². The summed E-state index contributed by atoms with van der Waals surface area (Å²) in [5, 5.41) is 16.7. The highest BCUT2D eigenvalue weighted by Gasteiger charge is 2.17. The smallest absolute Gasteiger partial charge is 0.175 e. The maximum atomic E-state index is 5.67. The first-order valence-corrected chi connectivity index (χ1v) is 11.9. The minimum atomic E-state index is 0.530. The Labute approximate surface area is 207 Å². The molecule has 0 fully saturated rings. The van der Waals surface area contributed by atoms with E-state index in [1.807, 2.05) is 23.2 Å². The molecule has 0 unspecified atom stereocenters. The summed E-state index contributed by atoms with van der Waals surface area (Å²) in [5.74, 6) is 0. The Hall–Kier alpha value is -3.45. The van der Waals surface area contributed by atoms with Gasteiger partial charge in [0.05, 0.1) is 47.2 Å². The van der Waals surface area contributed by atoms with Crippen LogP contribution in [-0.2, 0) is 13.1 Å². The molecule has 0 bridgehead atoms. The van der Waals surface area contributed by atoms with Crippen LogP contribution in [0.1, 0.15) is 45.0 Å². The van der Waals surface area contributed by atoms with Crippen LogP contribution >= 0.6 is 12.2 Å². The van der Waals surface area contributed by atoms with Crippen LogP contribution < -0.4 is 10.6 Å². The number of aryl methyl sites for hydroxylation is 4. The normalized spacial score (nSPS) is 11.0. The van der Waals surface area contributed by atoms with Gasteiger partial charge in [0, 0.05) is 0 Å².